The van der Waals surface area contributed by atoms with Crippen LogP contribution in [0.25, 0.3) is 0 Å². The van der Waals surface area contributed by atoms with Gasteiger partial charge in [0.25, 0.3) is 0 Å². The van der Waals surface area contributed by atoms with E-state index in [1.165, 1.54) is 6.92 Å². The summed E-state index contributed by atoms with van der Waals surface area (Å²) in [4.78, 5) is 49.4. The van der Waals surface area contributed by atoms with E-state index < -0.39 is 47.9 Å². The minimum atomic E-state index is -1.16. The molecule has 0 aromatic heterocycles. The van der Waals surface area contributed by atoms with Crippen molar-refractivity contribution in [3.63, 3.8) is 0 Å². The van der Waals surface area contributed by atoms with Crippen LogP contribution in [0.5, 0.6) is 0 Å². The van der Waals surface area contributed by atoms with E-state index in [9.17, 15) is 24.3 Å². The lowest BCUT2D eigenvalue weighted by atomic mass is 10.0. The second-order valence-electron chi connectivity index (χ2n) is 8.43. The number of hydrogen-bond acceptors (Lipinski definition) is 6. The molecule has 0 saturated heterocycles. The molecule has 4 atom stereocenters. The number of benzene rings is 1. The van der Waals surface area contributed by atoms with Gasteiger partial charge in [-0.2, -0.15) is 0 Å². The fourth-order valence-corrected chi connectivity index (χ4v) is 3.06. The fraction of sp³-hybridized carbons (Fsp3) is 0.565. The zero-order valence-electron chi connectivity index (χ0n) is 19.5. The summed E-state index contributed by atoms with van der Waals surface area (Å²) in [7, 11) is 0. The molecule has 1 aromatic carbocycles. The Morgan fingerprint density at radius 1 is 0.879 bits per heavy atom. The zero-order valence-corrected chi connectivity index (χ0v) is 19.5. The van der Waals surface area contributed by atoms with Crippen LogP contribution in [-0.2, 0) is 25.6 Å². The number of nitrogens with two attached hydrogens (primary N) is 2. The molecule has 0 aliphatic carbocycles. The third kappa shape index (κ3) is 10.0. The Kier molecular flexibility index (Phi) is 12.1. The standard InChI is InChI=1S/C23H37N5O5/c1-14(2)19(25)22(31)28-18(13-16-9-5-4-6-10-16)21(30)26-15(3)20(29)27-17(23(32)33)11-7-8-12-24/h4-6,9-10,14-15,17-19H,7-8,11-13,24-25H2,1-3H3,(H,26,30)(H,27,29)(H,28,31)(H,32,33). The van der Waals surface area contributed by atoms with E-state index in [1.807, 2.05) is 30.3 Å². The number of aliphatic carboxylic acids is 1. The molecule has 1 rings (SSSR count). The Bertz CT molecular complexity index is 787. The molecule has 0 radical (unpaired) electrons. The first-order valence-corrected chi connectivity index (χ1v) is 11.2. The molecule has 0 saturated carbocycles. The summed E-state index contributed by atoms with van der Waals surface area (Å²) in [6.07, 6.45) is 1.63. The van der Waals surface area contributed by atoms with Gasteiger partial charge in [0.2, 0.25) is 17.7 Å². The lowest BCUT2D eigenvalue weighted by Gasteiger charge is -2.24. The van der Waals surface area contributed by atoms with Crippen molar-refractivity contribution in [2.75, 3.05) is 6.54 Å². The van der Waals surface area contributed by atoms with Crippen molar-refractivity contribution >= 4 is 23.7 Å². The lowest BCUT2D eigenvalue weighted by molar-refractivity contribution is -0.142. The summed E-state index contributed by atoms with van der Waals surface area (Å²) in [6.45, 7) is 5.49. The number of carbonyl (C=O) groups is 4. The molecular weight excluding hydrogens is 426 g/mol. The Hall–Kier alpha value is -2.98. The zero-order chi connectivity index (χ0) is 25.0. The lowest BCUT2D eigenvalue weighted by Crippen LogP contribution is -2.57. The predicted octanol–water partition coefficient (Wildman–Crippen LogP) is -0.0997. The molecule has 8 N–H and O–H groups in total. The van der Waals surface area contributed by atoms with Gasteiger partial charge in [0.15, 0.2) is 0 Å². The first-order chi connectivity index (χ1) is 15.6. The van der Waals surface area contributed by atoms with Gasteiger partial charge in [0.1, 0.15) is 18.1 Å². The van der Waals surface area contributed by atoms with Gasteiger partial charge < -0.3 is 32.5 Å². The summed E-state index contributed by atoms with van der Waals surface area (Å²) in [5.41, 5.74) is 12.2. The minimum absolute atomic E-state index is 0.123. The SMILES string of the molecule is CC(NC(=O)C(Cc1ccccc1)NC(=O)C(N)C(C)C)C(=O)NC(CCCCN)C(=O)O. The maximum atomic E-state index is 12.9. The van der Waals surface area contributed by atoms with Crippen molar-refractivity contribution in [3.05, 3.63) is 35.9 Å². The normalized spacial score (nSPS) is 14.6. The van der Waals surface area contributed by atoms with Gasteiger partial charge in [-0.1, -0.05) is 44.2 Å². The van der Waals surface area contributed by atoms with Crippen LogP contribution in [0.3, 0.4) is 0 Å². The summed E-state index contributed by atoms with van der Waals surface area (Å²) < 4.78 is 0. The number of carboxylic acids is 1. The number of unbranched alkanes of at least 4 members (excludes halogenated alkanes) is 1. The predicted molar refractivity (Wildman–Crippen MR) is 125 cm³/mol. The second kappa shape index (κ2) is 14.2. The van der Waals surface area contributed by atoms with Crippen LogP contribution in [0.15, 0.2) is 30.3 Å². The van der Waals surface area contributed by atoms with Gasteiger partial charge in [-0.3, -0.25) is 14.4 Å². The highest BCUT2D eigenvalue weighted by atomic mass is 16.4. The highest BCUT2D eigenvalue weighted by Gasteiger charge is 2.29. The molecule has 0 aliphatic rings. The van der Waals surface area contributed by atoms with E-state index in [4.69, 9.17) is 11.5 Å². The van der Waals surface area contributed by atoms with E-state index in [2.05, 4.69) is 16.0 Å². The topological polar surface area (TPSA) is 177 Å². The average Bonchev–Trinajstić information content (AvgIpc) is 2.77. The van der Waals surface area contributed by atoms with Crippen LogP contribution in [0.1, 0.15) is 45.6 Å². The molecule has 0 aliphatic heterocycles. The number of carbonyl (C=O) groups excluding carboxylic acids is 3. The van der Waals surface area contributed by atoms with Crippen molar-refractivity contribution in [2.45, 2.75) is 70.6 Å². The van der Waals surface area contributed by atoms with Gasteiger partial charge in [-0.25, -0.2) is 4.79 Å². The largest absolute Gasteiger partial charge is 0.480 e. The molecule has 184 valence electrons. The number of hydrogen-bond donors (Lipinski definition) is 6. The van der Waals surface area contributed by atoms with Crippen LogP contribution < -0.4 is 27.4 Å². The fourth-order valence-electron chi connectivity index (χ4n) is 3.06. The van der Waals surface area contributed by atoms with Gasteiger partial charge >= 0.3 is 5.97 Å². The minimum Gasteiger partial charge on any atom is -0.480 e. The van der Waals surface area contributed by atoms with Gasteiger partial charge in [0, 0.05) is 6.42 Å². The molecule has 10 heteroatoms. The van der Waals surface area contributed by atoms with E-state index in [1.54, 1.807) is 13.8 Å². The maximum absolute atomic E-state index is 12.9. The van der Waals surface area contributed by atoms with Crippen LogP contribution >= 0.6 is 0 Å². The Morgan fingerprint density at radius 2 is 1.48 bits per heavy atom. The first-order valence-electron chi connectivity index (χ1n) is 11.2. The third-order valence-electron chi connectivity index (χ3n) is 5.25. The van der Waals surface area contributed by atoms with Crippen LogP contribution in [0.4, 0.5) is 0 Å². The maximum Gasteiger partial charge on any atom is 0.326 e. The van der Waals surface area contributed by atoms with Crippen molar-refractivity contribution < 1.29 is 24.3 Å². The molecule has 0 fully saturated rings. The second-order valence-corrected chi connectivity index (χ2v) is 8.43. The van der Waals surface area contributed by atoms with Gasteiger partial charge in [-0.15, -0.1) is 0 Å². The first kappa shape index (κ1) is 28.1. The van der Waals surface area contributed by atoms with Gasteiger partial charge in [0.05, 0.1) is 6.04 Å². The average molecular weight is 464 g/mol. The Labute approximate surface area is 194 Å². The van der Waals surface area contributed by atoms with Crippen molar-refractivity contribution in [3.8, 4) is 0 Å². The van der Waals surface area contributed by atoms with Gasteiger partial charge in [-0.05, 0) is 44.2 Å². The molecule has 1 aromatic rings. The molecule has 3 amide bonds. The van der Waals surface area contributed by atoms with Crippen molar-refractivity contribution in [1.29, 1.82) is 0 Å². The molecule has 0 bridgehead atoms. The molecule has 4 unspecified atom stereocenters. The number of amides is 3. The summed E-state index contributed by atoms with van der Waals surface area (Å²) >= 11 is 0. The smallest absolute Gasteiger partial charge is 0.326 e. The monoisotopic (exact) mass is 463 g/mol. The quantitative estimate of drug-likeness (QED) is 0.209. The molecule has 33 heavy (non-hydrogen) atoms. The Morgan fingerprint density at radius 3 is 2.03 bits per heavy atom. The molecule has 10 nitrogen and oxygen atoms in total. The Balaban J connectivity index is 2.85. The number of carboxylic acid groups (broad SMARTS) is 1. The number of rotatable bonds is 14. The van der Waals surface area contributed by atoms with Crippen LogP contribution in [0, 0.1) is 5.92 Å². The van der Waals surface area contributed by atoms with E-state index >= 15 is 0 Å². The number of nitrogens with one attached hydrogen (secondary N) is 3. The summed E-state index contributed by atoms with van der Waals surface area (Å²) in [5.74, 6) is -2.95. The summed E-state index contributed by atoms with van der Waals surface area (Å²) in [5, 5.41) is 17.0. The van der Waals surface area contributed by atoms with Crippen molar-refractivity contribution in [1.82, 2.24) is 16.0 Å². The molecular formula is C23H37N5O5. The molecule has 0 heterocycles. The van der Waals surface area contributed by atoms with E-state index in [-0.39, 0.29) is 18.8 Å². The van der Waals surface area contributed by atoms with Crippen molar-refractivity contribution in [2.24, 2.45) is 17.4 Å². The highest BCUT2D eigenvalue weighted by Crippen LogP contribution is 2.06. The van der Waals surface area contributed by atoms with Crippen LogP contribution in [0.2, 0.25) is 0 Å². The summed E-state index contributed by atoms with van der Waals surface area (Å²) in [6, 6.07) is 5.28. The van der Waals surface area contributed by atoms with E-state index in [0.29, 0.717) is 19.4 Å². The molecule has 0 spiro atoms. The third-order valence-corrected chi connectivity index (χ3v) is 5.25. The van der Waals surface area contributed by atoms with Crippen LogP contribution in [-0.4, -0.2) is 59.5 Å². The van der Waals surface area contributed by atoms with E-state index in [0.717, 1.165) is 5.56 Å². The highest BCUT2D eigenvalue weighted by molar-refractivity contribution is 5.94.